The Morgan fingerprint density at radius 3 is 2.48 bits per heavy atom. The third kappa shape index (κ3) is 3.35. The first-order valence-electron chi connectivity index (χ1n) is 7.71. The minimum atomic E-state index is 0.320. The van der Waals surface area contributed by atoms with E-state index in [1.807, 2.05) is 10.9 Å². The molecule has 5 nitrogen and oxygen atoms in total. The average Bonchev–Trinajstić information content (AvgIpc) is 3.00. The third-order valence-electron chi connectivity index (χ3n) is 4.30. The lowest BCUT2D eigenvalue weighted by molar-refractivity contribution is 0.364. The van der Waals surface area contributed by atoms with Gasteiger partial charge in [-0.25, -0.2) is 0 Å². The lowest BCUT2D eigenvalue weighted by atomic mass is 10.1. The fourth-order valence-electron chi connectivity index (χ4n) is 2.62. The Labute approximate surface area is 127 Å². The molecule has 0 saturated heterocycles. The second-order valence-corrected chi connectivity index (χ2v) is 5.87. The van der Waals surface area contributed by atoms with Crippen LogP contribution in [0.15, 0.2) is 12.4 Å². The van der Waals surface area contributed by atoms with E-state index in [9.17, 15) is 0 Å². The van der Waals surface area contributed by atoms with E-state index in [0.29, 0.717) is 12.1 Å². The number of aryl methyl sites for hydroxylation is 3. The Balaban J connectivity index is 2.01. The molecule has 2 atom stereocenters. The molecule has 5 heteroatoms. The summed E-state index contributed by atoms with van der Waals surface area (Å²) < 4.78 is 4.10. The molecule has 0 bridgehead atoms. The topological polar surface area (TPSA) is 47.7 Å². The third-order valence-corrected chi connectivity index (χ3v) is 4.30. The van der Waals surface area contributed by atoms with Crippen LogP contribution >= 0.6 is 0 Å². The molecule has 116 valence electrons. The Kier molecular flexibility index (Phi) is 4.83. The van der Waals surface area contributed by atoms with Crippen LogP contribution in [-0.4, -0.2) is 25.6 Å². The molecule has 0 aliphatic heterocycles. The first kappa shape index (κ1) is 15.8. The van der Waals surface area contributed by atoms with E-state index < -0.39 is 0 Å². The van der Waals surface area contributed by atoms with Crippen molar-refractivity contribution in [3.8, 4) is 0 Å². The maximum atomic E-state index is 4.57. The molecule has 0 aromatic carbocycles. The van der Waals surface area contributed by atoms with Crippen molar-refractivity contribution in [2.45, 2.75) is 66.7 Å². The standard InChI is InChI=1S/C16H27N5/c1-7-20-15(6)16(13(4)19-20)9-17-12(3)14(5)21-10-11(2)8-18-21/h8,10,12,14,17H,7,9H2,1-6H3/t12-,14+/m1/s1. The molecule has 2 aromatic rings. The van der Waals surface area contributed by atoms with Crippen molar-refractivity contribution < 1.29 is 0 Å². The highest BCUT2D eigenvalue weighted by Gasteiger charge is 2.16. The molecule has 0 aliphatic carbocycles. The number of hydrogen-bond donors (Lipinski definition) is 1. The van der Waals surface area contributed by atoms with Gasteiger partial charge in [0.2, 0.25) is 0 Å². The molecule has 1 N–H and O–H groups in total. The van der Waals surface area contributed by atoms with Crippen LogP contribution in [-0.2, 0) is 13.1 Å². The van der Waals surface area contributed by atoms with Crippen molar-refractivity contribution in [3.05, 3.63) is 34.9 Å². The summed E-state index contributed by atoms with van der Waals surface area (Å²) in [7, 11) is 0. The summed E-state index contributed by atoms with van der Waals surface area (Å²) >= 11 is 0. The van der Waals surface area contributed by atoms with E-state index in [4.69, 9.17) is 0 Å². The Bertz CT molecular complexity index is 596. The zero-order valence-corrected chi connectivity index (χ0v) is 14.0. The smallest absolute Gasteiger partial charge is 0.0641 e. The van der Waals surface area contributed by atoms with Gasteiger partial charge in [0.05, 0.1) is 17.9 Å². The molecule has 0 aliphatic rings. The summed E-state index contributed by atoms with van der Waals surface area (Å²) in [6.45, 7) is 14.6. The summed E-state index contributed by atoms with van der Waals surface area (Å²) in [5, 5.41) is 12.6. The highest BCUT2D eigenvalue weighted by molar-refractivity contribution is 5.24. The zero-order valence-electron chi connectivity index (χ0n) is 14.0. The van der Waals surface area contributed by atoms with Crippen LogP contribution in [0.5, 0.6) is 0 Å². The number of hydrogen-bond acceptors (Lipinski definition) is 3. The predicted molar refractivity (Wildman–Crippen MR) is 85.4 cm³/mol. The van der Waals surface area contributed by atoms with Gasteiger partial charge in [-0.15, -0.1) is 0 Å². The molecule has 0 spiro atoms. The van der Waals surface area contributed by atoms with Crippen molar-refractivity contribution in [1.82, 2.24) is 24.9 Å². The lowest BCUT2D eigenvalue weighted by Gasteiger charge is -2.22. The van der Waals surface area contributed by atoms with Gasteiger partial charge in [-0.3, -0.25) is 9.36 Å². The predicted octanol–water partition coefficient (Wildman–Crippen LogP) is 2.76. The highest BCUT2D eigenvalue weighted by atomic mass is 15.3. The van der Waals surface area contributed by atoms with E-state index in [-0.39, 0.29) is 0 Å². The van der Waals surface area contributed by atoms with Gasteiger partial charge < -0.3 is 5.32 Å². The van der Waals surface area contributed by atoms with Gasteiger partial charge in [-0.2, -0.15) is 10.2 Å². The molecule has 2 rings (SSSR count). The summed E-state index contributed by atoms with van der Waals surface area (Å²) in [6, 6.07) is 0.661. The van der Waals surface area contributed by atoms with Crippen LogP contribution in [0.4, 0.5) is 0 Å². The van der Waals surface area contributed by atoms with Crippen LogP contribution in [0.1, 0.15) is 49.3 Å². The van der Waals surface area contributed by atoms with Crippen LogP contribution in [0, 0.1) is 20.8 Å². The van der Waals surface area contributed by atoms with E-state index in [1.165, 1.54) is 16.8 Å². The van der Waals surface area contributed by atoms with Crippen molar-refractivity contribution in [3.63, 3.8) is 0 Å². The largest absolute Gasteiger partial charge is 0.308 e. The van der Waals surface area contributed by atoms with Gasteiger partial charge in [-0.1, -0.05) is 0 Å². The van der Waals surface area contributed by atoms with Crippen LogP contribution in [0.25, 0.3) is 0 Å². The lowest BCUT2D eigenvalue weighted by Crippen LogP contribution is -2.33. The van der Waals surface area contributed by atoms with Crippen molar-refractivity contribution >= 4 is 0 Å². The maximum Gasteiger partial charge on any atom is 0.0641 e. The monoisotopic (exact) mass is 289 g/mol. The quantitative estimate of drug-likeness (QED) is 0.889. The molecule has 0 fully saturated rings. The van der Waals surface area contributed by atoms with Crippen molar-refractivity contribution in [2.75, 3.05) is 0 Å². The van der Waals surface area contributed by atoms with Gasteiger partial charge in [0.1, 0.15) is 0 Å². The molecule has 0 amide bonds. The first-order chi connectivity index (χ1) is 9.93. The SMILES string of the molecule is CCn1nc(C)c(CN[C@H](C)[C@H](C)n2cc(C)cn2)c1C. The molecular formula is C16H27N5. The Morgan fingerprint density at radius 1 is 1.24 bits per heavy atom. The fourth-order valence-corrected chi connectivity index (χ4v) is 2.62. The summed E-state index contributed by atoms with van der Waals surface area (Å²) in [6.07, 6.45) is 4.00. The minimum Gasteiger partial charge on any atom is -0.308 e. The van der Waals surface area contributed by atoms with Gasteiger partial charge >= 0.3 is 0 Å². The first-order valence-corrected chi connectivity index (χ1v) is 7.71. The molecule has 21 heavy (non-hydrogen) atoms. The Hall–Kier alpha value is -1.62. The number of nitrogens with one attached hydrogen (secondary N) is 1. The second-order valence-electron chi connectivity index (χ2n) is 5.87. The van der Waals surface area contributed by atoms with Gasteiger partial charge in [0.15, 0.2) is 0 Å². The van der Waals surface area contributed by atoms with Gasteiger partial charge in [0.25, 0.3) is 0 Å². The second kappa shape index (κ2) is 6.43. The summed E-state index contributed by atoms with van der Waals surface area (Å²) in [4.78, 5) is 0. The normalized spacial score (nSPS) is 14.4. The van der Waals surface area contributed by atoms with E-state index in [1.54, 1.807) is 0 Å². The van der Waals surface area contributed by atoms with E-state index in [2.05, 4.69) is 67.9 Å². The van der Waals surface area contributed by atoms with Gasteiger partial charge in [0, 0.05) is 36.6 Å². The minimum absolute atomic E-state index is 0.320. The molecular weight excluding hydrogens is 262 g/mol. The van der Waals surface area contributed by atoms with Gasteiger partial charge in [-0.05, 0) is 47.1 Å². The number of aromatic nitrogens is 4. The Morgan fingerprint density at radius 2 is 1.95 bits per heavy atom. The fraction of sp³-hybridized carbons (Fsp3) is 0.625. The van der Waals surface area contributed by atoms with Crippen LogP contribution in [0.3, 0.4) is 0 Å². The molecule has 2 aromatic heterocycles. The number of nitrogens with zero attached hydrogens (tertiary/aromatic N) is 4. The van der Waals surface area contributed by atoms with Crippen LogP contribution in [0.2, 0.25) is 0 Å². The van der Waals surface area contributed by atoms with Crippen LogP contribution < -0.4 is 5.32 Å². The molecule has 2 heterocycles. The van der Waals surface area contributed by atoms with E-state index in [0.717, 1.165) is 18.8 Å². The number of rotatable bonds is 6. The average molecular weight is 289 g/mol. The highest BCUT2D eigenvalue weighted by Crippen LogP contribution is 2.15. The molecule has 0 unspecified atom stereocenters. The molecule has 0 radical (unpaired) electrons. The van der Waals surface area contributed by atoms with Crippen molar-refractivity contribution in [1.29, 1.82) is 0 Å². The molecule has 0 saturated carbocycles. The summed E-state index contributed by atoms with van der Waals surface area (Å²) in [5.41, 5.74) is 4.89. The maximum absolute atomic E-state index is 4.57. The van der Waals surface area contributed by atoms with E-state index >= 15 is 0 Å². The summed E-state index contributed by atoms with van der Waals surface area (Å²) in [5.74, 6) is 0. The van der Waals surface area contributed by atoms with Crippen molar-refractivity contribution in [2.24, 2.45) is 0 Å². The zero-order chi connectivity index (χ0) is 15.6.